The Labute approximate surface area is 55.0 Å². The predicted molar refractivity (Wildman–Crippen MR) is 32.9 cm³/mol. The number of rotatable bonds is 4. The standard InChI is InChI=1S/C4H11NO3S/c1-2-3-5-4-9(6,7)8/h5H,2-4H2,1H3,(H,6,7,8)/p-1. The molecule has 0 aliphatic heterocycles. The minimum absolute atomic E-state index is 0.458. The molecule has 56 valence electrons. The van der Waals surface area contributed by atoms with Crippen LogP contribution in [-0.4, -0.2) is 25.4 Å². The minimum atomic E-state index is -4.06. The third-order valence-corrected chi connectivity index (χ3v) is 1.26. The third kappa shape index (κ3) is 7.87. The zero-order valence-corrected chi connectivity index (χ0v) is 6.07. The van der Waals surface area contributed by atoms with E-state index < -0.39 is 16.0 Å². The predicted octanol–water partition coefficient (Wildman–Crippen LogP) is -0.511. The van der Waals surface area contributed by atoms with Gasteiger partial charge in [-0.15, -0.1) is 0 Å². The van der Waals surface area contributed by atoms with Crippen LogP contribution in [0.25, 0.3) is 0 Å². The summed E-state index contributed by atoms with van der Waals surface area (Å²) in [5, 5.41) is 2.47. The molecule has 0 fully saturated rings. The first kappa shape index (κ1) is 8.87. The Balaban J connectivity index is 3.30. The molecule has 1 N–H and O–H groups in total. The zero-order valence-electron chi connectivity index (χ0n) is 5.25. The maximum Gasteiger partial charge on any atom is 0.108 e. The van der Waals surface area contributed by atoms with E-state index in [1.165, 1.54) is 0 Å². The van der Waals surface area contributed by atoms with Crippen molar-refractivity contribution in [3.05, 3.63) is 0 Å². The maximum absolute atomic E-state index is 9.89. The molecule has 0 aromatic carbocycles. The van der Waals surface area contributed by atoms with Crippen LogP contribution in [0.1, 0.15) is 13.3 Å². The van der Waals surface area contributed by atoms with Gasteiger partial charge in [-0.05, 0) is 13.0 Å². The molecule has 9 heavy (non-hydrogen) atoms. The van der Waals surface area contributed by atoms with Crippen molar-refractivity contribution in [3.8, 4) is 0 Å². The summed E-state index contributed by atoms with van der Waals surface area (Å²) in [4.78, 5) is 0. The molecule has 4 nitrogen and oxygen atoms in total. The Morgan fingerprint density at radius 2 is 2.11 bits per heavy atom. The number of hydrogen-bond acceptors (Lipinski definition) is 4. The summed E-state index contributed by atoms with van der Waals surface area (Å²) >= 11 is 0. The molecule has 0 radical (unpaired) electrons. The van der Waals surface area contributed by atoms with Crippen LogP contribution >= 0.6 is 0 Å². The van der Waals surface area contributed by atoms with Crippen molar-refractivity contribution in [2.24, 2.45) is 0 Å². The van der Waals surface area contributed by atoms with Gasteiger partial charge in [-0.25, -0.2) is 8.42 Å². The second-order valence-electron chi connectivity index (χ2n) is 1.70. The molecule has 0 spiro atoms. The van der Waals surface area contributed by atoms with E-state index in [4.69, 9.17) is 0 Å². The van der Waals surface area contributed by atoms with Gasteiger partial charge in [0, 0.05) is 0 Å². The van der Waals surface area contributed by atoms with Crippen molar-refractivity contribution in [3.63, 3.8) is 0 Å². The van der Waals surface area contributed by atoms with E-state index in [0.717, 1.165) is 6.42 Å². The quantitative estimate of drug-likeness (QED) is 0.435. The Kier molecular flexibility index (Phi) is 3.76. The molecule has 0 aromatic heterocycles. The molecular formula is C4H10NO3S-. The van der Waals surface area contributed by atoms with E-state index in [1.54, 1.807) is 0 Å². The fourth-order valence-corrected chi connectivity index (χ4v) is 0.768. The van der Waals surface area contributed by atoms with E-state index in [9.17, 15) is 13.0 Å². The van der Waals surface area contributed by atoms with Gasteiger partial charge in [0.15, 0.2) is 0 Å². The van der Waals surface area contributed by atoms with Crippen LogP contribution in [0.5, 0.6) is 0 Å². The largest absolute Gasteiger partial charge is 0.747 e. The van der Waals surface area contributed by atoms with Crippen LogP contribution < -0.4 is 5.32 Å². The van der Waals surface area contributed by atoms with Crippen LogP contribution in [0, 0.1) is 0 Å². The zero-order chi connectivity index (χ0) is 7.33. The summed E-state index contributed by atoms with van der Waals surface area (Å²) in [5.41, 5.74) is 0. The lowest BCUT2D eigenvalue weighted by atomic mass is 10.5. The Morgan fingerprint density at radius 1 is 1.56 bits per heavy atom. The van der Waals surface area contributed by atoms with E-state index in [0.29, 0.717) is 6.54 Å². The Bertz CT molecular complexity index is 151. The van der Waals surface area contributed by atoms with Gasteiger partial charge in [-0.1, -0.05) is 6.92 Å². The number of nitrogens with one attached hydrogen (secondary N) is 1. The molecule has 0 aromatic rings. The Hall–Kier alpha value is -0.130. The van der Waals surface area contributed by atoms with Crippen LogP contribution in [0.15, 0.2) is 0 Å². The molecule has 0 heterocycles. The van der Waals surface area contributed by atoms with Crippen LogP contribution in [0.3, 0.4) is 0 Å². The van der Waals surface area contributed by atoms with Gasteiger partial charge >= 0.3 is 0 Å². The third-order valence-electron chi connectivity index (χ3n) is 0.706. The van der Waals surface area contributed by atoms with Gasteiger partial charge < -0.3 is 9.87 Å². The molecule has 0 saturated carbocycles. The fraction of sp³-hybridized carbons (Fsp3) is 1.00. The summed E-state index contributed by atoms with van der Waals surface area (Å²) in [7, 11) is -4.06. The van der Waals surface area contributed by atoms with E-state index in [2.05, 4.69) is 5.32 Å². The van der Waals surface area contributed by atoms with Gasteiger partial charge in [0.25, 0.3) is 0 Å². The lowest BCUT2D eigenvalue weighted by Gasteiger charge is -2.06. The highest BCUT2D eigenvalue weighted by Crippen LogP contribution is 1.76. The molecule has 0 saturated heterocycles. The highest BCUT2D eigenvalue weighted by Gasteiger charge is 1.90. The average molecular weight is 152 g/mol. The first-order chi connectivity index (χ1) is 4.06. The lowest BCUT2D eigenvalue weighted by molar-refractivity contribution is 0.457. The van der Waals surface area contributed by atoms with Crippen LogP contribution in [0.4, 0.5) is 0 Å². The molecule has 0 unspecified atom stereocenters. The maximum atomic E-state index is 9.89. The summed E-state index contributed by atoms with van der Waals surface area (Å²) in [6.45, 7) is 2.46. The van der Waals surface area contributed by atoms with Crippen molar-refractivity contribution in [1.82, 2.24) is 5.32 Å². The molecule has 0 aliphatic carbocycles. The monoisotopic (exact) mass is 152 g/mol. The van der Waals surface area contributed by atoms with Gasteiger partial charge in [0.05, 0.1) is 5.88 Å². The second kappa shape index (κ2) is 3.81. The summed E-state index contributed by atoms with van der Waals surface area (Å²) < 4.78 is 29.7. The molecule has 5 heteroatoms. The van der Waals surface area contributed by atoms with Crippen molar-refractivity contribution >= 4 is 10.1 Å². The molecule has 0 amide bonds. The van der Waals surface area contributed by atoms with Gasteiger partial charge in [-0.3, -0.25) is 0 Å². The van der Waals surface area contributed by atoms with Crippen LogP contribution in [0.2, 0.25) is 0 Å². The van der Waals surface area contributed by atoms with Crippen molar-refractivity contribution in [2.45, 2.75) is 13.3 Å². The second-order valence-corrected chi connectivity index (χ2v) is 3.11. The molecule has 0 bridgehead atoms. The van der Waals surface area contributed by atoms with Crippen molar-refractivity contribution in [2.75, 3.05) is 12.4 Å². The minimum Gasteiger partial charge on any atom is -0.747 e. The summed E-state index contributed by atoms with van der Waals surface area (Å²) in [6, 6.07) is 0. The highest BCUT2D eigenvalue weighted by atomic mass is 32.2. The number of hydrogen-bond donors (Lipinski definition) is 1. The highest BCUT2D eigenvalue weighted by molar-refractivity contribution is 7.85. The van der Waals surface area contributed by atoms with E-state index >= 15 is 0 Å². The SMILES string of the molecule is CCCNCS(=O)(=O)[O-]. The Morgan fingerprint density at radius 3 is 2.44 bits per heavy atom. The van der Waals surface area contributed by atoms with E-state index in [1.807, 2.05) is 6.92 Å². The smallest absolute Gasteiger partial charge is 0.108 e. The lowest BCUT2D eigenvalue weighted by Crippen LogP contribution is -2.23. The van der Waals surface area contributed by atoms with Crippen molar-refractivity contribution in [1.29, 1.82) is 0 Å². The first-order valence-electron chi connectivity index (χ1n) is 2.70. The van der Waals surface area contributed by atoms with Gasteiger partial charge in [0.2, 0.25) is 0 Å². The van der Waals surface area contributed by atoms with Crippen molar-refractivity contribution < 1.29 is 13.0 Å². The molecular weight excluding hydrogens is 142 g/mol. The van der Waals surface area contributed by atoms with Crippen LogP contribution in [-0.2, 0) is 10.1 Å². The molecule has 0 rings (SSSR count). The topological polar surface area (TPSA) is 69.2 Å². The fourth-order valence-electron chi connectivity index (χ4n) is 0.374. The molecule has 0 aliphatic rings. The van der Waals surface area contributed by atoms with Gasteiger partial charge in [-0.2, -0.15) is 0 Å². The summed E-state index contributed by atoms with van der Waals surface area (Å²) in [6.07, 6.45) is 0.829. The summed E-state index contributed by atoms with van der Waals surface area (Å²) in [5.74, 6) is -0.458. The first-order valence-corrected chi connectivity index (χ1v) is 4.28. The molecule has 0 atom stereocenters. The van der Waals surface area contributed by atoms with E-state index in [-0.39, 0.29) is 0 Å². The average Bonchev–Trinajstić information content (AvgIpc) is 1.63. The normalized spacial score (nSPS) is 11.8. The van der Waals surface area contributed by atoms with Gasteiger partial charge in [0.1, 0.15) is 10.1 Å².